The fourth-order valence-corrected chi connectivity index (χ4v) is 0.876. The lowest BCUT2D eigenvalue weighted by atomic mass is 10.1. The highest BCUT2D eigenvalue weighted by atomic mass is 16.6. The largest absolute Gasteiger partial charge is 0.445 e. The van der Waals surface area contributed by atoms with Crippen LogP contribution in [0.3, 0.4) is 0 Å². The van der Waals surface area contributed by atoms with Crippen molar-refractivity contribution >= 4 is 5.97 Å². The molecule has 0 aliphatic carbocycles. The zero-order valence-electron chi connectivity index (χ0n) is 6.81. The van der Waals surface area contributed by atoms with Gasteiger partial charge in [-0.15, -0.1) is 0 Å². The van der Waals surface area contributed by atoms with Crippen molar-refractivity contribution in [2.45, 2.75) is 39.3 Å². The summed E-state index contributed by atoms with van der Waals surface area (Å²) in [6.07, 6.45) is 1.62. The number of esters is 1. The second kappa shape index (κ2) is 3.56. The molecule has 10 heavy (non-hydrogen) atoms. The normalized spacial score (nSPS) is 16.0. The predicted octanol–water partition coefficient (Wildman–Crippen LogP) is 1.02. The van der Waals surface area contributed by atoms with E-state index in [0.29, 0.717) is 6.42 Å². The summed E-state index contributed by atoms with van der Waals surface area (Å²) in [5, 5.41) is 0. The van der Waals surface area contributed by atoms with Crippen molar-refractivity contribution in [2.24, 2.45) is 5.73 Å². The van der Waals surface area contributed by atoms with Crippen LogP contribution in [0.2, 0.25) is 0 Å². The van der Waals surface area contributed by atoms with E-state index in [9.17, 15) is 4.79 Å². The van der Waals surface area contributed by atoms with Gasteiger partial charge in [-0.3, -0.25) is 10.5 Å². The topological polar surface area (TPSA) is 52.3 Å². The molecule has 0 fully saturated rings. The summed E-state index contributed by atoms with van der Waals surface area (Å²) < 4.78 is 4.82. The molecule has 0 bridgehead atoms. The van der Waals surface area contributed by atoms with Crippen LogP contribution >= 0.6 is 0 Å². The van der Waals surface area contributed by atoms with Crippen LogP contribution in [0.1, 0.15) is 33.6 Å². The molecule has 0 spiro atoms. The van der Waals surface area contributed by atoms with Crippen LogP contribution in [0.5, 0.6) is 0 Å². The van der Waals surface area contributed by atoms with Crippen LogP contribution in [-0.4, -0.2) is 11.7 Å². The minimum Gasteiger partial charge on any atom is -0.445 e. The van der Waals surface area contributed by atoms with Gasteiger partial charge in [0.05, 0.1) is 0 Å². The van der Waals surface area contributed by atoms with E-state index in [1.54, 1.807) is 6.92 Å². The Morgan fingerprint density at radius 2 is 2.20 bits per heavy atom. The molecule has 3 heteroatoms. The van der Waals surface area contributed by atoms with E-state index in [-0.39, 0.29) is 5.97 Å². The number of nitrogens with two attached hydrogens (primary N) is 1. The predicted molar refractivity (Wildman–Crippen MR) is 39.3 cm³/mol. The molecule has 1 atom stereocenters. The zero-order chi connectivity index (χ0) is 8.20. The van der Waals surface area contributed by atoms with Crippen molar-refractivity contribution < 1.29 is 9.53 Å². The number of carbonyl (C=O) groups is 1. The maximum absolute atomic E-state index is 10.4. The molecule has 0 aliphatic heterocycles. The van der Waals surface area contributed by atoms with Gasteiger partial charge in [-0.1, -0.05) is 13.3 Å². The smallest absolute Gasteiger partial charge is 0.304 e. The van der Waals surface area contributed by atoms with Gasteiger partial charge >= 0.3 is 5.97 Å². The maximum atomic E-state index is 10.4. The molecule has 0 aromatic rings. The molecule has 0 saturated heterocycles. The third-order valence-corrected chi connectivity index (χ3v) is 1.12. The summed E-state index contributed by atoms with van der Waals surface area (Å²) >= 11 is 0. The highest BCUT2D eigenvalue weighted by Crippen LogP contribution is 2.09. The van der Waals surface area contributed by atoms with Gasteiger partial charge in [0, 0.05) is 13.3 Å². The monoisotopic (exact) mass is 145 g/mol. The zero-order valence-corrected chi connectivity index (χ0v) is 6.81. The van der Waals surface area contributed by atoms with Crippen LogP contribution in [-0.2, 0) is 9.53 Å². The number of ether oxygens (including phenoxy) is 1. The summed E-state index contributed by atoms with van der Waals surface area (Å²) in [6.45, 7) is 5.06. The molecule has 0 aromatic carbocycles. The molecule has 2 N–H and O–H groups in total. The van der Waals surface area contributed by atoms with Gasteiger partial charge in [-0.2, -0.15) is 0 Å². The number of carbonyl (C=O) groups excluding carboxylic acids is 1. The molecule has 0 aromatic heterocycles. The van der Waals surface area contributed by atoms with Gasteiger partial charge in [0.2, 0.25) is 0 Å². The van der Waals surface area contributed by atoms with Crippen LogP contribution in [0.4, 0.5) is 0 Å². The third kappa shape index (κ3) is 4.32. The Morgan fingerprint density at radius 1 is 1.70 bits per heavy atom. The minimum atomic E-state index is -0.777. The molecule has 0 rings (SSSR count). The fourth-order valence-electron chi connectivity index (χ4n) is 0.876. The highest BCUT2D eigenvalue weighted by Gasteiger charge is 2.19. The van der Waals surface area contributed by atoms with Crippen LogP contribution < -0.4 is 5.73 Å². The van der Waals surface area contributed by atoms with Gasteiger partial charge in [-0.05, 0) is 6.92 Å². The van der Waals surface area contributed by atoms with Crippen molar-refractivity contribution in [2.75, 3.05) is 0 Å². The molecule has 3 nitrogen and oxygen atoms in total. The summed E-state index contributed by atoms with van der Waals surface area (Å²) in [5.74, 6) is -0.321. The van der Waals surface area contributed by atoms with Crippen molar-refractivity contribution in [3.63, 3.8) is 0 Å². The van der Waals surface area contributed by atoms with Gasteiger partial charge in [-0.25, -0.2) is 0 Å². The van der Waals surface area contributed by atoms with E-state index in [0.717, 1.165) is 6.42 Å². The molecular formula is C7H15NO2. The van der Waals surface area contributed by atoms with Gasteiger partial charge in [0.15, 0.2) is 5.72 Å². The summed E-state index contributed by atoms with van der Waals surface area (Å²) in [5.41, 5.74) is 4.81. The first kappa shape index (κ1) is 9.43. The lowest BCUT2D eigenvalue weighted by molar-refractivity contribution is -0.155. The Hall–Kier alpha value is -0.570. The average molecular weight is 145 g/mol. The minimum absolute atomic E-state index is 0.321. The summed E-state index contributed by atoms with van der Waals surface area (Å²) in [6, 6.07) is 0. The highest BCUT2D eigenvalue weighted by molar-refractivity contribution is 5.66. The van der Waals surface area contributed by atoms with Crippen LogP contribution in [0, 0.1) is 0 Å². The van der Waals surface area contributed by atoms with Crippen molar-refractivity contribution in [3.8, 4) is 0 Å². The second-order valence-corrected chi connectivity index (χ2v) is 2.66. The lowest BCUT2D eigenvalue weighted by Crippen LogP contribution is -2.40. The third-order valence-electron chi connectivity index (χ3n) is 1.12. The first-order chi connectivity index (χ1) is 4.48. The maximum Gasteiger partial charge on any atom is 0.304 e. The van der Waals surface area contributed by atoms with Crippen molar-refractivity contribution in [1.29, 1.82) is 0 Å². The van der Waals surface area contributed by atoms with Crippen molar-refractivity contribution in [1.82, 2.24) is 0 Å². The van der Waals surface area contributed by atoms with E-state index in [1.807, 2.05) is 6.92 Å². The molecule has 60 valence electrons. The van der Waals surface area contributed by atoms with E-state index in [4.69, 9.17) is 10.5 Å². The molecule has 0 amide bonds. The Morgan fingerprint density at radius 3 is 2.50 bits per heavy atom. The Kier molecular flexibility index (Phi) is 3.36. The van der Waals surface area contributed by atoms with Crippen LogP contribution in [0.15, 0.2) is 0 Å². The summed E-state index contributed by atoms with van der Waals surface area (Å²) in [4.78, 5) is 10.4. The Labute approximate surface area is 61.5 Å². The second-order valence-electron chi connectivity index (χ2n) is 2.66. The molecule has 0 saturated carbocycles. The van der Waals surface area contributed by atoms with Crippen LogP contribution in [0.25, 0.3) is 0 Å². The molecule has 0 radical (unpaired) electrons. The van der Waals surface area contributed by atoms with Gasteiger partial charge in [0.1, 0.15) is 0 Å². The Bertz CT molecular complexity index is 121. The first-order valence-corrected chi connectivity index (χ1v) is 3.46. The SMILES string of the molecule is CCCC(C)(N)OC(C)=O. The number of hydrogen-bond acceptors (Lipinski definition) is 3. The van der Waals surface area contributed by atoms with E-state index in [2.05, 4.69) is 0 Å². The first-order valence-electron chi connectivity index (χ1n) is 3.46. The molecule has 0 aliphatic rings. The number of rotatable bonds is 3. The van der Waals surface area contributed by atoms with E-state index in [1.165, 1.54) is 6.92 Å². The van der Waals surface area contributed by atoms with E-state index < -0.39 is 5.72 Å². The average Bonchev–Trinajstić information content (AvgIpc) is 1.59. The standard InChI is InChI=1S/C7H15NO2/c1-4-5-7(3,8)10-6(2)9/h4-5,8H2,1-3H3. The lowest BCUT2D eigenvalue weighted by Gasteiger charge is -2.23. The van der Waals surface area contributed by atoms with Crippen molar-refractivity contribution in [3.05, 3.63) is 0 Å². The molecular weight excluding hydrogens is 130 g/mol. The van der Waals surface area contributed by atoms with Gasteiger partial charge in [0.25, 0.3) is 0 Å². The quantitative estimate of drug-likeness (QED) is 0.476. The van der Waals surface area contributed by atoms with Gasteiger partial charge < -0.3 is 4.74 Å². The Balaban J connectivity index is 3.74. The molecule has 0 heterocycles. The van der Waals surface area contributed by atoms with E-state index >= 15 is 0 Å². The fraction of sp³-hybridized carbons (Fsp3) is 0.857. The molecule has 1 unspecified atom stereocenters. The summed E-state index contributed by atoms with van der Waals surface area (Å²) in [7, 11) is 0. The number of hydrogen-bond donors (Lipinski definition) is 1.